The minimum atomic E-state index is -1.72. The fraction of sp³-hybridized carbons (Fsp3) is 0.721. The Hall–Kier alpha value is -3.09. The summed E-state index contributed by atoms with van der Waals surface area (Å²) in [6.45, 7) is 3.48. The van der Waals surface area contributed by atoms with Crippen molar-refractivity contribution in [2.75, 3.05) is 33.0 Å². The van der Waals surface area contributed by atoms with E-state index >= 15 is 0 Å². The second-order valence-electron chi connectivity index (χ2n) is 19.7. The number of aliphatic hydroxyl groups excluding tert-OH is 7. The molecule has 2 rings (SSSR count). The monoisotopic (exact) mass is 1060 g/mol. The average molecular weight is 1060 g/mol. The van der Waals surface area contributed by atoms with Crippen LogP contribution in [0, 0.1) is 0 Å². The summed E-state index contributed by atoms with van der Waals surface area (Å²) in [4.78, 5) is 13.0. The summed E-state index contributed by atoms with van der Waals surface area (Å²) in [5.74, 6) is -0.398. The van der Waals surface area contributed by atoms with E-state index in [0.29, 0.717) is 13.0 Å². The van der Waals surface area contributed by atoms with Gasteiger partial charge >= 0.3 is 5.97 Å². The number of unbranched alkanes of at least 4 members (excludes halogenated alkanes) is 15. The molecule has 14 nitrogen and oxygen atoms in total. The zero-order chi connectivity index (χ0) is 54.4. The van der Waals surface area contributed by atoms with Crippen LogP contribution in [-0.2, 0) is 33.2 Å². The number of carbonyl (C=O) groups is 1. The summed E-state index contributed by atoms with van der Waals surface area (Å²) in [7, 11) is 0. The molecule has 0 saturated carbocycles. The van der Waals surface area contributed by atoms with E-state index in [1.807, 2.05) is 0 Å². The average Bonchev–Trinajstić information content (AvgIpc) is 3.41. The van der Waals surface area contributed by atoms with Gasteiger partial charge in [-0.25, -0.2) is 0 Å². The first kappa shape index (κ1) is 68.0. The van der Waals surface area contributed by atoms with Gasteiger partial charge in [-0.2, -0.15) is 0 Å². The van der Waals surface area contributed by atoms with Crippen molar-refractivity contribution in [1.29, 1.82) is 0 Å². The Morgan fingerprint density at radius 1 is 0.453 bits per heavy atom. The zero-order valence-corrected chi connectivity index (χ0v) is 46.0. The van der Waals surface area contributed by atoms with Gasteiger partial charge in [0.05, 0.1) is 26.4 Å². The molecule has 0 bridgehead atoms. The van der Waals surface area contributed by atoms with Gasteiger partial charge in [-0.3, -0.25) is 4.79 Å². The van der Waals surface area contributed by atoms with Gasteiger partial charge in [0.2, 0.25) is 0 Å². The highest BCUT2D eigenvalue weighted by molar-refractivity contribution is 5.69. The van der Waals surface area contributed by atoms with Crippen molar-refractivity contribution >= 4 is 5.97 Å². The van der Waals surface area contributed by atoms with Crippen molar-refractivity contribution < 1.29 is 69.0 Å². The first-order chi connectivity index (χ1) is 36.6. The van der Waals surface area contributed by atoms with Crippen LogP contribution in [0.4, 0.5) is 0 Å². The molecule has 0 aromatic carbocycles. The van der Waals surface area contributed by atoms with Gasteiger partial charge < -0.3 is 64.2 Å². The summed E-state index contributed by atoms with van der Waals surface area (Å²) in [5.41, 5.74) is 0. The number of carbonyl (C=O) groups excluding carboxylic acids is 1. The molecule has 2 fully saturated rings. The maximum Gasteiger partial charge on any atom is 0.306 e. The van der Waals surface area contributed by atoms with Crippen molar-refractivity contribution in [2.24, 2.45) is 0 Å². The number of hydrogen-bond donors (Lipinski definition) is 7. The highest BCUT2D eigenvalue weighted by Gasteiger charge is 2.47. The smallest absolute Gasteiger partial charge is 0.306 e. The molecule has 75 heavy (non-hydrogen) atoms. The van der Waals surface area contributed by atoms with E-state index in [9.17, 15) is 40.5 Å². The van der Waals surface area contributed by atoms with Crippen molar-refractivity contribution in [2.45, 2.75) is 248 Å². The molecule has 14 heteroatoms. The maximum absolute atomic E-state index is 13.0. The van der Waals surface area contributed by atoms with Crippen LogP contribution in [0.25, 0.3) is 0 Å². The molecule has 0 spiro atoms. The molecule has 2 saturated heterocycles. The molecule has 0 aliphatic carbocycles. The fourth-order valence-corrected chi connectivity index (χ4v) is 8.44. The number of hydrogen-bond acceptors (Lipinski definition) is 14. The predicted octanol–water partition coefficient (Wildman–Crippen LogP) is 10.2. The van der Waals surface area contributed by atoms with Gasteiger partial charge in [0.1, 0.15) is 54.9 Å². The molecule has 0 aromatic heterocycles. The van der Waals surface area contributed by atoms with Crippen LogP contribution in [0.15, 0.2) is 97.2 Å². The van der Waals surface area contributed by atoms with E-state index in [-0.39, 0.29) is 19.6 Å². The molecule has 0 radical (unpaired) electrons. The van der Waals surface area contributed by atoms with Crippen LogP contribution < -0.4 is 0 Å². The third-order valence-electron chi connectivity index (χ3n) is 13.1. The van der Waals surface area contributed by atoms with Gasteiger partial charge in [-0.05, 0) is 96.3 Å². The van der Waals surface area contributed by atoms with Crippen molar-refractivity contribution in [3.05, 3.63) is 97.2 Å². The van der Waals surface area contributed by atoms with Crippen molar-refractivity contribution in [1.82, 2.24) is 0 Å². The first-order valence-electron chi connectivity index (χ1n) is 28.8. The third kappa shape index (κ3) is 33.7. The van der Waals surface area contributed by atoms with Gasteiger partial charge in [0.15, 0.2) is 12.6 Å². The number of aliphatic hydroxyl groups is 7. The Morgan fingerprint density at radius 3 is 1.37 bits per heavy atom. The Kier molecular flexibility index (Phi) is 42.6. The van der Waals surface area contributed by atoms with E-state index in [2.05, 4.69) is 111 Å². The van der Waals surface area contributed by atoms with E-state index in [1.165, 1.54) is 38.5 Å². The molecule has 0 aromatic rings. The summed E-state index contributed by atoms with van der Waals surface area (Å²) >= 11 is 0. The zero-order valence-electron chi connectivity index (χ0n) is 46.0. The Morgan fingerprint density at radius 2 is 0.867 bits per heavy atom. The van der Waals surface area contributed by atoms with Crippen LogP contribution in [0.2, 0.25) is 0 Å². The normalized spacial score (nSPS) is 25.3. The topological polar surface area (TPSA) is 214 Å². The molecule has 2 heterocycles. The lowest BCUT2D eigenvalue weighted by atomic mass is 9.98. The molecule has 430 valence electrons. The molecule has 7 N–H and O–H groups in total. The van der Waals surface area contributed by atoms with E-state index in [4.69, 9.17) is 28.4 Å². The molecular formula is C61H102O14. The second-order valence-corrected chi connectivity index (χ2v) is 19.7. The summed E-state index contributed by atoms with van der Waals surface area (Å²) in [6.07, 6.45) is 46.1. The Balaban J connectivity index is 1.73. The molecule has 11 atom stereocenters. The highest BCUT2D eigenvalue weighted by atomic mass is 16.7. The van der Waals surface area contributed by atoms with Gasteiger partial charge in [0.25, 0.3) is 0 Å². The fourth-order valence-electron chi connectivity index (χ4n) is 8.44. The molecule has 11 unspecified atom stereocenters. The van der Waals surface area contributed by atoms with Gasteiger partial charge in [0, 0.05) is 13.0 Å². The number of ether oxygens (including phenoxy) is 6. The minimum Gasteiger partial charge on any atom is -0.457 e. The van der Waals surface area contributed by atoms with Gasteiger partial charge in [-0.1, -0.05) is 175 Å². The lowest BCUT2D eigenvalue weighted by Crippen LogP contribution is -2.61. The molecular weight excluding hydrogens is 957 g/mol. The highest BCUT2D eigenvalue weighted by Crippen LogP contribution is 2.26. The molecule has 2 aliphatic heterocycles. The SMILES string of the molecule is CC/C=C\C/C=C\C/C=C\C/C=C\C/C=C\C/C=C\C/C=C\CCCCCCOCC(COC1OC(COC2OC(CO)C(O)C(O)C2O)C(O)C(O)C1O)OC(=O)CCCCCCC/C=C\CCCCCCCC. The van der Waals surface area contributed by atoms with E-state index in [0.717, 1.165) is 116 Å². The largest absolute Gasteiger partial charge is 0.457 e. The summed E-state index contributed by atoms with van der Waals surface area (Å²) < 4.78 is 34.3. The van der Waals surface area contributed by atoms with Crippen LogP contribution in [0.1, 0.15) is 181 Å². The summed E-state index contributed by atoms with van der Waals surface area (Å²) in [5, 5.41) is 72.3. The van der Waals surface area contributed by atoms with Crippen molar-refractivity contribution in [3.63, 3.8) is 0 Å². The van der Waals surface area contributed by atoms with Gasteiger partial charge in [-0.15, -0.1) is 0 Å². The quantitative estimate of drug-likeness (QED) is 0.0172. The third-order valence-corrected chi connectivity index (χ3v) is 13.1. The van der Waals surface area contributed by atoms with Crippen LogP contribution in [0.3, 0.4) is 0 Å². The number of esters is 1. The predicted molar refractivity (Wildman–Crippen MR) is 298 cm³/mol. The maximum atomic E-state index is 13.0. The number of allylic oxidation sites excluding steroid dienone is 16. The van der Waals surface area contributed by atoms with Crippen molar-refractivity contribution in [3.8, 4) is 0 Å². The van der Waals surface area contributed by atoms with E-state index in [1.54, 1.807) is 0 Å². The Bertz CT molecular complexity index is 1610. The lowest BCUT2D eigenvalue weighted by molar-refractivity contribution is -0.332. The minimum absolute atomic E-state index is 0.0348. The van der Waals surface area contributed by atoms with E-state index < -0.39 is 86.7 Å². The molecule has 2 aliphatic rings. The van der Waals surface area contributed by atoms with Crippen LogP contribution in [0.5, 0.6) is 0 Å². The van der Waals surface area contributed by atoms with Crippen LogP contribution >= 0.6 is 0 Å². The second kappa shape index (κ2) is 47.0. The lowest BCUT2D eigenvalue weighted by Gasteiger charge is -2.42. The first-order valence-corrected chi connectivity index (χ1v) is 28.8. The van der Waals surface area contributed by atoms with Crippen LogP contribution in [-0.4, -0.2) is 142 Å². The standard InChI is InChI=1S/C61H102O14/c1-3-5-7-9-11-13-15-17-19-20-21-22-23-24-25-26-27-28-29-31-33-35-37-39-41-43-45-70-47-50(73-53(63)44-42-40-38-36-34-32-30-18-16-14-12-10-8-6-4-2)48-71-60-59(69)57(67)55(65)52(75-60)49-72-61-58(68)56(66)54(64)51(46-62)74-61/h5,7,11,13,17-19,21-22,24-25,27-28,30-31,33,50-52,54-62,64-69H,3-4,6,8-10,12,14-16,20,23,26,29,32,34-49H2,1-2H3/b7-5-,13-11-,19-17-,22-21-,25-24-,28-27-,30-18-,33-31-. The molecule has 0 amide bonds. The number of rotatable bonds is 45. The Labute approximate surface area is 452 Å². The summed E-state index contributed by atoms with van der Waals surface area (Å²) in [6, 6.07) is 0.